The van der Waals surface area contributed by atoms with Gasteiger partial charge < -0.3 is 25.4 Å². The van der Waals surface area contributed by atoms with E-state index in [9.17, 15) is 23.5 Å². The lowest BCUT2D eigenvalue weighted by Crippen LogP contribution is -2.43. The molecule has 0 radical (unpaired) electrons. The Morgan fingerprint density at radius 1 is 1.16 bits per heavy atom. The normalized spacial score (nSPS) is 15.5. The fraction of sp³-hybridized carbons (Fsp3) is 0.519. The summed E-state index contributed by atoms with van der Waals surface area (Å²) in [7, 11) is 0. The minimum Gasteiger partial charge on any atom is -0.480 e. The molecule has 1 saturated carbocycles. The van der Waals surface area contributed by atoms with Gasteiger partial charge in [-0.05, 0) is 87.2 Å². The van der Waals surface area contributed by atoms with Gasteiger partial charge in [-0.15, -0.1) is 0 Å². The van der Waals surface area contributed by atoms with Gasteiger partial charge >= 0.3 is 12.1 Å². The lowest BCUT2D eigenvalue weighted by Gasteiger charge is -2.24. The van der Waals surface area contributed by atoms with Crippen LogP contribution >= 0.6 is 0 Å². The van der Waals surface area contributed by atoms with Crippen LogP contribution in [0.2, 0.25) is 0 Å². The maximum Gasteiger partial charge on any atom is 0.408 e. The number of rotatable bonds is 13. The van der Waals surface area contributed by atoms with Crippen LogP contribution in [0.4, 0.5) is 19.4 Å². The van der Waals surface area contributed by atoms with Gasteiger partial charge in [0.1, 0.15) is 18.5 Å². The number of fused-ring (bicyclic) bond motifs is 1. The molecule has 2 aromatic rings. The van der Waals surface area contributed by atoms with Crippen LogP contribution in [0.5, 0.6) is 0 Å². The van der Waals surface area contributed by atoms with Gasteiger partial charge in [-0.25, -0.2) is 23.4 Å². The zero-order valence-corrected chi connectivity index (χ0v) is 20.8. The Balaban J connectivity index is 1.19. The monoisotopic (exact) mass is 516 g/mol. The summed E-state index contributed by atoms with van der Waals surface area (Å²) in [4.78, 5) is 30.9. The molecule has 1 fully saturated rings. The fourth-order valence-electron chi connectivity index (χ4n) is 4.56. The van der Waals surface area contributed by atoms with E-state index in [2.05, 4.69) is 27.7 Å². The summed E-state index contributed by atoms with van der Waals surface area (Å²) in [5, 5.41) is 15.3. The van der Waals surface area contributed by atoms with Gasteiger partial charge in [0.05, 0.1) is 0 Å². The molecule has 3 N–H and O–H groups in total. The molecular formula is C27H34F2N4O4. The molecule has 1 amide bonds. The fourth-order valence-corrected chi connectivity index (χ4v) is 4.56. The Morgan fingerprint density at radius 2 is 2.00 bits per heavy atom. The number of nitrogens with zero attached hydrogens (tertiary/aromatic N) is 2. The van der Waals surface area contributed by atoms with Crippen molar-refractivity contribution in [3.05, 3.63) is 58.8 Å². The number of benzene rings is 1. The van der Waals surface area contributed by atoms with Crippen molar-refractivity contribution in [3.8, 4) is 0 Å². The molecule has 0 saturated heterocycles. The lowest BCUT2D eigenvalue weighted by molar-refractivity contribution is -0.139. The van der Waals surface area contributed by atoms with E-state index in [1.807, 2.05) is 0 Å². The number of hydrogen-bond acceptors (Lipinski definition) is 6. The molecular weight excluding hydrogens is 482 g/mol. The number of aryl methyl sites for hydroxylation is 2. The van der Waals surface area contributed by atoms with E-state index in [0.29, 0.717) is 12.6 Å². The highest BCUT2D eigenvalue weighted by atomic mass is 19.2. The van der Waals surface area contributed by atoms with Crippen molar-refractivity contribution in [1.82, 2.24) is 15.2 Å². The van der Waals surface area contributed by atoms with E-state index in [4.69, 9.17) is 9.72 Å². The van der Waals surface area contributed by atoms with Crippen LogP contribution < -0.4 is 10.6 Å². The molecule has 1 aromatic carbocycles. The summed E-state index contributed by atoms with van der Waals surface area (Å²) in [6.45, 7) is 2.09. The quantitative estimate of drug-likeness (QED) is 0.342. The van der Waals surface area contributed by atoms with Crippen molar-refractivity contribution in [1.29, 1.82) is 0 Å². The van der Waals surface area contributed by atoms with Crippen molar-refractivity contribution < 1.29 is 28.2 Å². The number of carbonyl (C=O) groups is 2. The smallest absolute Gasteiger partial charge is 0.408 e. The van der Waals surface area contributed by atoms with Gasteiger partial charge in [0.15, 0.2) is 11.6 Å². The molecule has 8 nitrogen and oxygen atoms in total. The Morgan fingerprint density at radius 3 is 2.76 bits per heavy atom. The highest BCUT2D eigenvalue weighted by Crippen LogP contribution is 2.27. The van der Waals surface area contributed by atoms with Crippen LogP contribution in [-0.2, 0) is 29.0 Å². The van der Waals surface area contributed by atoms with E-state index < -0.39 is 29.7 Å². The largest absolute Gasteiger partial charge is 0.480 e. The van der Waals surface area contributed by atoms with E-state index in [0.717, 1.165) is 81.7 Å². The third-order valence-electron chi connectivity index (χ3n) is 6.79. The molecule has 1 unspecified atom stereocenters. The highest BCUT2D eigenvalue weighted by Gasteiger charge is 2.30. The first-order chi connectivity index (χ1) is 17.9. The molecule has 200 valence electrons. The van der Waals surface area contributed by atoms with Crippen LogP contribution in [0.3, 0.4) is 0 Å². The molecule has 4 rings (SSSR count). The van der Waals surface area contributed by atoms with Crippen molar-refractivity contribution in [2.24, 2.45) is 0 Å². The first kappa shape index (κ1) is 26.8. The van der Waals surface area contributed by atoms with Crippen LogP contribution in [0, 0.1) is 11.6 Å². The van der Waals surface area contributed by atoms with Crippen LogP contribution in [-0.4, -0.2) is 58.8 Å². The molecule has 1 atom stereocenters. The first-order valence-electron chi connectivity index (χ1n) is 13.0. The van der Waals surface area contributed by atoms with Crippen LogP contribution in [0.15, 0.2) is 30.3 Å². The molecule has 2 aliphatic rings. The molecule has 37 heavy (non-hydrogen) atoms. The Kier molecular flexibility index (Phi) is 9.27. The average molecular weight is 517 g/mol. The summed E-state index contributed by atoms with van der Waals surface area (Å²) >= 11 is 0. The average Bonchev–Trinajstić information content (AvgIpc) is 3.73. The maximum absolute atomic E-state index is 13.3. The number of aromatic nitrogens is 1. The standard InChI is InChI=1S/C27H34F2N4O4/c28-22-11-6-18(16-23(22)29)17-37-27(36)32-24(26(34)35)12-15-33(21-9-10-21)14-2-1-5-20-8-7-19-4-3-13-30-25(19)31-20/h6-8,11,16,21,24H,1-5,9-10,12-15,17H2,(H,30,31)(H,32,36)(H,34,35). The van der Waals surface area contributed by atoms with Crippen LogP contribution in [0.25, 0.3) is 0 Å². The molecule has 1 aliphatic carbocycles. The number of aliphatic carboxylic acids is 1. The summed E-state index contributed by atoms with van der Waals surface area (Å²) in [6, 6.07) is 6.81. The summed E-state index contributed by atoms with van der Waals surface area (Å²) in [5.74, 6) is -2.17. The van der Waals surface area contributed by atoms with Gasteiger partial charge in [-0.1, -0.05) is 12.1 Å². The Bertz CT molecular complexity index is 1100. The van der Waals surface area contributed by atoms with E-state index >= 15 is 0 Å². The zero-order valence-electron chi connectivity index (χ0n) is 20.8. The molecule has 1 aromatic heterocycles. The summed E-state index contributed by atoms with van der Waals surface area (Å²) in [6.07, 6.45) is 6.60. The van der Waals surface area contributed by atoms with Gasteiger partial charge in [0.2, 0.25) is 0 Å². The van der Waals surface area contributed by atoms with E-state index in [1.54, 1.807) is 0 Å². The number of alkyl carbamates (subject to hydrolysis) is 1. The van der Waals surface area contributed by atoms with Gasteiger partial charge in [-0.2, -0.15) is 0 Å². The number of amides is 1. The number of carboxylic acid groups (broad SMARTS) is 1. The Hall–Kier alpha value is -3.27. The second-order valence-electron chi connectivity index (χ2n) is 9.71. The predicted octanol–water partition coefficient (Wildman–Crippen LogP) is 4.27. The van der Waals surface area contributed by atoms with Gasteiger partial charge in [0, 0.05) is 24.8 Å². The summed E-state index contributed by atoms with van der Waals surface area (Å²) < 4.78 is 31.3. The molecule has 0 spiro atoms. The number of anilines is 1. The topological polar surface area (TPSA) is 104 Å². The highest BCUT2D eigenvalue weighted by molar-refractivity contribution is 5.79. The van der Waals surface area contributed by atoms with Crippen molar-refractivity contribution in [3.63, 3.8) is 0 Å². The van der Waals surface area contributed by atoms with Crippen molar-refractivity contribution in [2.75, 3.05) is 25.0 Å². The molecule has 0 bridgehead atoms. The molecule has 10 heteroatoms. The predicted molar refractivity (Wildman–Crippen MR) is 134 cm³/mol. The SMILES string of the molecule is O=C(NC(CCN(CCCCc1ccc2c(n1)NCCC2)C1CC1)C(=O)O)OCc1ccc(F)c(F)c1. The van der Waals surface area contributed by atoms with Gasteiger partial charge in [0.25, 0.3) is 0 Å². The number of hydrogen-bond donors (Lipinski definition) is 3. The maximum atomic E-state index is 13.3. The second kappa shape index (κ2) is 12.8. The van der Waals surface area contributed by atoms with E-state index in [1.165, 1.54) is 11.6 Å². The summed E-state index contributed by atoms with van der Waals surface area (Å²) in [5.41, 5.74) is 2.63. The molecule has 2 heterocycles. The zero-order chi connectivity index (χ0) is 26.2. The number of unbranched alkanes of at least 4 members (excludes halogenated alkanes) is 1. The Labute approximate surface area is 215 Å². The van der Waals surface area contributed by atoms with Gasteiger partial charge in [-0.3, -0.25) is 0 Å². The number of nitrogens with one attached hydrogen (secondary N) is 2. The third kappa shape index (κ3) is 8.11. The number of halogens is 2. The number of carbonyl (C=O) groups excluding carboxylic acids is 1. The third-order valence-corrected chi connectivity index (χ3v) is 6.79. The first-order valence-corrected chi connectivity index (χ1v) is 13.0. The van der Waals surface area contributed by atoms with Crippen LogP contribution in [0.1, 0.15) is 55.3 Å². The van der Waals surface area contributed by atoms with Crippen molar-refractivity contribution in [2.45, 2.75) is 70.1 Å². The minimum atomic E-state index is -1.15. The second-order valence-corrected chi connectivity index (χ2v) is 9.71. The number of pyridine rings is 1. The molecule has 1 aliphatic heterocycles. The lowest BCUT2D eigenvalue weighted by atomic mass is 10.1. The minimum absolute atomic E-state index is 0.240. The number of carboxylic acids is 1. The van der Waals surface area contributed by atoms with Crippen molar-refractivity contribution >= 4 is 17.9 Å². The van der Waals surface area contributed by atoms with E-state index in [-0.39, 0.29) is 18.6 Å². The number of ether oxygens (including phenoxy) is 1.